The molecule has 0 atom stereocenters. The van der Waals surface area contributed by atoms with E-state index in [1.165, 1.54) is 10.9 Å². The van der Waals surface area contributed by atoms with Gasteiger partial charge in [0.1, 0.15) is 5.75 Å². The van der Waals surface area contributed by atoms with E-state index in [9.17, 15) is 13.6 Å². The number of aromatic amines is 1. The van der Waals surface area contributed by atoms with Gasteiger partial charge in [-0.15, -0.1) is 0 Å². The van der Waals surface area contributed by atoms with E-state index in [1.807, 2.05) is 12.1 Å². The molecule has 0 aliphatic carbocycles. The van der Waals surface area contributed by atoms with Gasteiger partial charge in [-0.1, -0.05) is 11.8 Å². The van der Waals surface area contributed by atoms with E-state index < -0.39 is 5.76 Å². The van der Waals surface area contributed by atoms with Crippen molar-refractivity contribution in [3.63, 3.8) is 0 Å². The van der Waals surface area contributed by atoms with Crippen molar-refractivity contribution >= 4 is 34.3 Å². The normalized spacial score (nSPS) is 15.5. The van der Waals surface area contributed by atoms with Gasteiger partial charge in [-0.25, -0.2) is 0 Å². The van der Waals surface area contributed by atoms with Gasteiger partial charge in [-0.2, -0.15) is 8.78 Å². The summed E-state index contributed by atoms with van der Waals surface area (Å²) in [7, 11) is 1.67. The van der Waals surface area contributed by atoms with Crippen LogP contribution >= 0.6 is 11.8 Å². The van der Waals surface area contributed by atoms with Gasteiger partial charge in [0.05, 0.1) is 13.7 Å². The maximum Gasteiger partial charge on any atom is 0.288 e. The molecule has 0 unspecified atom stereocenters. The van der Waals surface area contributed by atoms with Crippen molar-refractivity contribution in [2.24, 2.45) is 0 Å². The molecule has 1 aliphatic heterocycles. The average molecular weight is 446 g/mol. The molecule has 2 N–H and O–H groups in total. The van der Waals surface area contributed by atoms with Crippen molar-refractivity contribution in [2.45, 2.75) is 29.4 Å². The predicted molar refractivity (Wildman–Crippen MR) is 120 cm³/mol. The first-order valence-electron chi connectivity index (χ1n) is 10.2. The fourth-order valence-corrected chi connectivity index (χ4v) is 4.61. The molecule has 1 fully saturated rings. The van der Waals surface area contributed by atoms with E-state index in [0.717, 1.165) is 37.2 Å². The van der Waals surface area contributed by atoms with Gasteiger partial charge < -0.3 is 15.0 Å². The lowest BCUT2D eigenvalue weighted by Crippen LogP contribution is -2.38. The molecule has 2 aromatic carbocycles. The topological polar surface area (TPSA) is 57.4 Å². The lowest BCUT2D eigenvalue weighted by Gasteiger charge is -2.31. The van der Waals surface area contributed by atoms with Crippen molar-refractivity contribution in [1.82, 2.24) is 9.88 Å². The summed E-state index contributed by atoms with van der Waals surface area (Å²) in [5.41, 5.74) is 3.03. The molecule has 31 heavy (non-hydrogen) atoms. The second kappa shape index (κ2) is 9.70. The van der Waals surface area contributed by atoms with Crippen molar-refractivity contribution in [3.8, 4) is 5.75 Å². The van der Waals surface area contributed by atoms with E-state index in [2.05, 4.69) is 27.5 Å². The fraction of sp³-hybridized carbons (Fsp3) is 0.348. The number of likely N-dealkylation sites (tertiary alicyclic amines) is 1. The first-order valence-corrected chi connectivity index (χ1v) is 11.1. The Morgan fingerprint density at radius 1 is 1.23 bits per heavy atom. The molecule has 1 aromatic heterocycles. The Morgan fingerprint density at radius 3 is 2.65 bits per heavy atom. The number of methoxy groups -OCH3 is 1. The highest BCUT2D eigenvalue weighted by atomic mass is 32.2. The number of anilines is 1. The zero-order valence-corrected chi connectivity index (χ0v) is 18.1. The van der Waals surface area contributed by atoms with Crippen LogP contribution in [0.5, 0.6) is 5.75 Å². The summed E-state index contributed by atoms with van der Waals surface area (Å²) in [5, 5.41) is 4.05. The monoisotopic (exact) mass is 445 g/mol. The maximum absolute atomic E-state index is 12.4. The molecule has 0 spiro atoms. The van der Waals surface area contributed by atoms with E-state index >= 15 is 0 Å². The van der Waals surface area contributed by atoms with Crippen molar-refractivity contribution in [3.05, 3.63) is 54.2 Å². The first-order chi connectivity index (χ1) is 15.0. The minimum atomic E-state index is -2.45. The van der Waals surface area contributed by atoms with Gasteiger partial charge in [0, 0.05) is 27.7 Å². The Balaban J connectivity index is 1.29. The number of alkyl halides is 2. The number of nitrogens with zero attached hydrogens (tertiary/aromatic N) is 1. The van der Waals surface area contributed by atoms with Crippen LogP contribution in [-0.4, -0.2) is 48.3 Å². The summed E-state index contributed by atoms with van der Waals surface area (Å²) in [5.74, 6) is -1.25. The number of ether oxygens (including phenoxy) is 1. The highest BCUT2D eigenvalue weighted by molar-refractivity contribution is 7.99. The summed E-state index contributed by atoms with van der Waals surface area (Å²) in [6.07, 6.45) is 4.06. The van der Waals surface area contributed by atoms with Crippen molar-refractivity contribution in [1.29, 1.82) is 0 Å². The molecule has 0 bridgehead atoms. The Morgan fingerprint density at radius 2 is 1.97 bits per heavy atom. The summed E-state index contributed by atoms with van der Waals surface area (Å²) in [6, 6.07) is 12.6. The molecule has 0 saturated carbocycles. The first kappa shape index (κ1) is 21.6. The summed E-state index contributed by atoms with van der Waals surface area (Å²) >= 11 is 0.493. The number of piperidine rings is 1. The fourth-order valence-electron chi connectivity index (χ4n) is 4.11. The zero-order chi connectivity index (χ0) is 21.8. The quantitative estimate of drug-likeness (QED) is 0.484. The third-order valence-electron chi connectivity index (χ3n) is 5.68. The molecular formula is C23H25F2N3O2S. The molecule has 0 radical (unpaired) electrons. The number of benzene rings is 2. The van der Waals surface area contributed by atoms with Crippen LogP contribution in [0.4, 0.5) is 14.5 Å². The third kappa shape index (κ3) is 5.37. The van der Waals surface area contributed by atoms with E-state index in [4.69, 9.17) is 4.74 Å². The lowest BCUT2D eigenvalue weighted by molar-refractivity contribution is -0.117. The standard InChI is InChI=1S/C23H25F2N3O2S/c1-30-17-4-7-21-19(12-17)20(13-26-21)15-8-10-28(11-9-15)14-22(29)27-16-2-5-18(6-3-16)31-23(24)25/h2-7,12-13,15,23,26H,8-11,14H2,1H3,(H,27,29). The second-order valence-corrected chi connectivity index (χ2v) is 8.72. The minimum Gasteiger partial charge on any atom is -0.497 e. The lowest BCUT2D eigenvalue weighted by atomic mass is 9.89. The van der Waals surface area contributed by atoms with Crippen LogP contribution in [0.25, 0.3) is 10.9 Å². The summed E-state index contributed by atoms with van der Waals surface area (Å²) < 4.78 is 30.2. The number of halogens is 2. The van der Waals surface area contributed by atoms with Gasteiger partial charge in [0.2, 0.25) is 5.91 Å². The minimum absolute atomic E-state index is 0.0930. The number of carbonyl (C=O) groups is 1. The Bertz CT molecular complexity index is 1030. The van der Waals surface area contributed by atoms with E-state index in [1.54, 1.807) is 31.4 Å². The van der Waals surface area contributed by atoms with Crippen LogP contribution in [-0.2, 0) is 4.79 Å². The van der Waals surface area contributed by atoms with E-state index in [-0.39, 0.29) is 5.91 Å². The number of fused-ring (bicyclic) bond motifs is 1. The number of hydrogen-bond acceptors (Lipinski definition) is 4. The van der Waals surface area contributed by atoms with Crippen LogP contribution < -0.4 is 10.1 Å². The highest BCUT2D eigenvalue weighted by Crippen LogP contribution is 2.34. The Labute approximate surface area is 184 Å². The number of amides is 1. The molecule has 4 rings (SSSR count). The van der Waals surface area contributed by atoms with Gasteiger partial charge >= 0.3 is 0 Å². The number of hydrogen-bond donors (Lipinski definition) is 2. The predicted octanol–water partition coefficient (Wildman–Crippen LogP) is 5.31. The van der Waals surface area contributed by atoms with Crippen LogP contribution in [0, 0.1) is 0 Å². The molecular weight excluding hydrogens is 420 g/mol. The number of thioether (sulfide) groups is 1. The third-order valence-corrected chi connectivity index (χ3v) is 6.40. The number of aromatic nitrogens is 1. The van der Waals surface area contributed by atoms with Crippen molar-refractivity contribution in [2.75, 3.05) is 32.1 Å². The molecule has 3 aromatic rings. The van der Waals surface area contributed by atoms with Crippen LogP contribution in [0.1, 0.15) is 24.3 Å². The maximum atomic E-state index is 12.4. The largest absolute Gasteiger partial charge is 0.497 e. The molecule has 1 aliphatic rings. The summed E-state index contributed by atoms with van der Waals surface area (Å²) in [4.78, 5) is 18.4. The molecule has 8 heteroatoms. The van der Waals surface area contributed by atoms with Gasteiger partial charge in [0.15, 0.2) is 0 Å². The second-order valence-electron chi connectivity index (χ2n) is 7.66. The smallest absolute Gasteiger partial charge is 0.288 e. The molecule has 164 valence electrons. The van der Waals surface area contributed by atoms with Crippen LogP contribution in [0.2, 0.25) is 0 Å². The molecule has 2 heterocycles. The number of H-pyrrole nitrogens is 1. The highest BCUT2D eigenvalue weighted by Gasteiger charge is 2.24. The molecule has 1 amide bonds. The number of rotatable bonds is 7. The van der Waals surface area contributed by atoms with E-state index in [0.29, 0.717) is 34.8 Å². The van der Waals surface area contributed by atoms with Crippen LogP contribution in [0.3, 0.4) is 0 Å². The SMILES string of the molecule is COc1ccc2[nH]cc(C3CCN(CC(=O)Nc4ccc(SC(F)F)cc4)CC3)c2c1. The number of carbonyl (C=O) groups excluding carboxylic acids is 1. The number of nitrogens with one attached hydrogen (secondary N) is 2. The summed E-state index contributed by atoms with van der Waals surface area (Å²) in [6.45, 7) is 2.01. The van der Waals surface area contributed by atoms with Crippen LogP contribution in [0.15, 0.2) is 53.6 Å². The van der Waals surface area contributed by atoms with Gasteiger partial charge in [0.25, 0.3) is 5.76 Å². The Kier molecular flexibility index (Phi) is 6.77. The molecule has 1 saturated heterocycles. The zero-order valence-electron chi connectivity index (χ0n) is 17.2. The molecule has 5 nitrogen and oxygen atoms in total. The van der Waals surface area contributed by atoms with Gasteiger partial charge in [-0.3, -0.25) is 9.69 Å². The van der Waals surface area contributed by atoms with Crippen molar-refractivity contribution < 1.29 is 18.3 Å². The average Bonchev–Trinajstić information content (AvgIpc) is 3.18. The van der Waals surface area contributed by atoms with Gasteiger partial charge in [-0.05, 0) is 79.9 Å². The Hall–Kier alpha value is -2.58.